The van der Waals surface area contributed by atoms with Crippen molar-refractivity contribution in [2.24, 2.45) is 0 Å². The number of nitrogens with one attached hydrogen (secondary N) is 1. The molecule has 0 amide bonds. The van der Waals surface area contributed by atoms with Gasteiger partial charge in [0.25, 0.3) is 0 Å². The van der Waals surface area contributed by atoms with E-state index in [1.54, 1.807) is 19.9 Å². The van der Waals surface area contributed by atoms with Crippen LogP contribution in [-0.4, -0.2) is 11.3 Å². The fourth-order valence-corrected chi connectivity index (χ4v) is 1.27. The van der Waals surface area contributed by atoms with E-state index >= 15 is 0 Å². The molecule has 0 fully saturated rings. The molecule has 16 heavy (non-hydrogen) atoms. The van der Waals surface area contributed by atoms with Crippen LogP contribution in [0, 0.1) is 17.1 Å². The van der Waals surface area contributed by atoms with Crippen LogP contribution in [0.5, 0.6) is 0 Å². The van der Waals surface area contributed by atoms with Gasteiger partial charge in [0.1, 0.15) is 11.4 Å². The van der Waals surface area contributed by atoms with Crippen LogP contribution in [0.1, 0.15) is 31.1 Å². The number of nitriles is 1. The lowest BCUT2D eigenvalue weighted by Gasteiger charge is -2.19. The quantitative estimate of drug-likeness (QED) is 0.797. The molecule has 0 radical (unpaired) electrons. The first-order valence-electron chi connectivity index (χ1n) is 4.85. The average Bonchev–Trinajstić information content (AvgIpc) is 2.16. The average molecular weight is 220 g/mol. The standard InChI is InChI=1S/C12H13FN2O/c1-8(16)10-5-4-9(6-11(10)13)15-12(2,3)7-14/h4-6,15H,1-3H3. The SMILES string of the molecule is CC(=O)c1ccc(NC(C)(C)C#N)cc1F. The summed E-state index contributed by atoms with van der Waals surface area (Å²) < 4.78 is 13.4. The molecule has 0 aliphatic carbocycles. The number of nitrogens with zero attached hydrogens (tertiary/aromatic N) is 1. The van der Waals surface area contributed by atoms with Crippen molar-refractivity contribution in [3.63, 3.8) is 0 Å². The highest BCUT2D eigenvalue weighted by Gasteiger charge is 2.16. The van der Waals surface area contributed by atoms with E-state index in [0.29, 0.717) is 5.69 Å². The zero-order chi connectivity index (χ0) is 12.3. The number of hydrogen-bond acceptors (Lipinski definition) is 3. The van der Waals surface area contributed by atoms with Gasteiger partial charge < -0.3 is 5.32 Å². The van der Waals surface area contributed by atoms with Crippen LogP contribution in [0.3, 0.4) is 0 Å². The van der Waals surface area contributed by atoms with Crippen LogP contribution in [0.15, 0.2) is 18.2 Å². The number of carbonyl (C=O) groups excluding carboxylic acids is 1. The van der Waals surface area contributed by atoms with Crippen LogP contribution in [0.4, 0.5) is 10.1 Å². The minimum atomic E-state index is -0.774. The van der Waals surface area contributed by atoms with E-state index in [0.717, 1.165) is 0 Å². The second kappa shape index (κ2) is 4.31. The molecule has 3 nitrogen and oxygen atoms in total. The highest BCUT2D eigenvalue weighted by molar-refractivity contribution is 5.94. The summed E-state index contributed by atoms with van der Waals surface area (Å²) in [6.45, 7) is 4.68. The van der Waals surface area contributed by atoms with Crippen molar-refractivity contribution in [3.8, 4) is 6.07 Å². The van der Waals surface area contributed by atoms with Gasteiger partial charge in [-0.1, -0.05) is 0 Å². The van der Waals surface area contributed by atoms with Crippen molar-refractivity contribution in [1.29, 1.82) is 5.26 Å². The fourth-order valence-electron chi connectivity index (χ4n) is 1.27. The molecule has 1 aromatic carbocycles. The van der Waals surface area contributed by atoms with E-state index in [1.165, 1.54) is 19.1 Å². The van der Waals surface area contributed by atoms with Crippen molar-refractivity contribution in [2.45, 2.75) is 26.3 Å². The molecule has 4 heteroatoms. The van der Waals surface area contributed by atoms with Gasteiger partial charge >= 0.3 is 0 Å². The molecule has 1 N–H and O–H groups in total. The first-order valence-corrected chi connectivity index (χ1v) is 4.85. The maximum atomic E-state index is 13.4. The lowest BCUT2D eigenvalue weighted by molar-refractivity contribution is 0.101. The maximum absolute atomic E-state index is 13.4. The number of hydrogen-bond donors (Lipinski definition) is 1. The van der Waals surface area contributed by atoms with Gasteiger partial charge in [-0.05, 0) is 39.0 Å². The minimum absolute atomic E-state index is 0.0558. The molecule has 0 aliphatic heterocycles. The van der Waals surface area contributed by atoms with Gasteiger partial charge in [0, 0.05) is 5.69 Å². The Bertz CT molecular complexity index is 461. The summed E-state index contributed by atoms with van der Waals surface area (Å²) in [5.74, 6) is -0.894. The number of Topliss-reactive ketones (excluding diaryl/α,β-unsaturated/α-hetero) is 1. The summed E-state index contributed by atoms with van der Waals surface area (Å²) in [5, 5.41) is 11.7. The first kappa shape index (κ1) is 12.2. The Hall–Kier alpha value is -1.89. The topological polar surface area (TPSA) is 52.9 Å². The number of rotatable bonds is 3. The highest BCUT2D eigenvalue weighted by Crippen LogP contribution is 2.18. The third-order valence-electron chi connectivity index (χ3n) is 2.08. The van der Waals surface area contributed by atoms with Crippen molar-refractivity contribution >= 4 is 11.5 Å². The highest BCUT2D eigenvalue weighted by atomic mass is 19.1. The van der Waals surface area contributed by atoms with E-state index in [2.05, 4.69) is 5.32 Å². The Morgan fingerprint density at radius 2 is 2.12 bits per heavy atom. The Labute approximate surface area is 93.9 Å². The number of benzene rings is 1. The Kier molecular flexibility index (Phi) is 3.28. The number of anilines is 1. The molecule has 1 aromatic rings. The van der Waals surface area contributed by atoms with E-state index in [-0.39, 0.29) is 11.3 Å². The van der Waals surface area contributed by atoms with Crippen molar-refractivity contribution in [1.82, 2.24) is 0 Å². The minimum Gasteiger partial charge on any atom is -0.368 e. The molecule has 0 atom stereocenters. The molecule has 1 rings (SSSR count). The maximum Gasteiger partial charge on any atom is 0.162 e. The van der Waals surface area contributed by atoms with E-state index in [4.69, 9.17) is 5.26 Å². The van der Waals surface area contributed by atoms with Gasteiger partial charge in [-0.25, -0.2) is 4.39 Å². The molecular formula is C12H13FN2O. The van der Waals surface area contributed by atoms with Crippen LogP contribution >= 0.6 is 0 Å². The monoisotopic (exact) mass is 220 g/mol. The fraction of sp³-hybridized carbons (Fsp3) is 0.333. The van der Waals surface area contributed by atoms with Crippen LogP contribution < -0.4 is 5.32 Å². The van der Waals surface area contributed by atoms with E-state index < -0.39 is 11.4 Å². The molecule has 0 aromatic heterocycles. The summed E-state index contributed by atoms with van der Waals surface area (Å²) >= 11 is 0. The smallest absolute Gasteiger partial charge is 0.162 e. The Morgan fingerprint density at radius 3 is 2.56 bits per heavy atom. The Balaban J connectivity index is 2.99. The summed E-state index contributed by atoms with van der Waals surface area (Å²) in [6, 6.07) is 6.26. The van der Waals surface area contributed by atoms with Gasteiger partial charge in [-0.3, -0.25) is 4.79 Å². The van der Waals surface area contributed by atoms with Crippen molar-refractivity contribution in [2.75, 3.05) is 5.32 Å². The number of carbonyl (C=O) groups is 1. The second-order valence-corrected chi connectivity index (χ2v) is 4.11. The first-order chi connectivity index (χ1) is 7.35. The largest absolute Gasteiger partial charge is 0.368 e. The summed E-state index contributed by atoms with van der Waals surface area (Å²) in [4.78, 5) is 11.0. The molecule has 0 unspecified atom stereocenters. The third kappa shape index (κ3) is 2.80. The Morgan fingerprint density at radius 1 is 1.50 bits per heavy atom. The second-order valence-electron chi connectivity index (χ2n) is 4.11. The summed E-state index contributed by atoms with van der Waals surface area (Å²) in [7, 11) is 0. The summed E-state index contributed by atoms with van der Waals surface area (Å²) in [6.07, 6.45) is 0. The lowest BCUT2D eigenvalue weighted by atomic mass is 10.1. The molecule has 0 heterocycles. The van der Waals surface area contributed by atoms with Crippen molar-refractivity contribution in [3.05, 3.63) is 29.6 Å². The molecular weight excluding hydrogens is 207 g/mol. The normalized spacial score (nSPS) is 10.7. The van der Waals surface area contributed by atoms with Gasteiger partial charge in [-0.2, -0.15) is 5.26 Å². The predicted octanol–water partition coefficient (Wildman–Crippen LogP) is 2.74. The van der Waals surface area contributed by atoms with E-state index in [1.807, 2.05) is 6.07 Å². The van der Waals surface area contributed by atoms with E-state index in [9.17, 15) is 9.18 Å². The summed E-state index contributed by atoms with van der Waals surface area (Å²) in [5.41, 5.74) is -0.237. The number of ketones is 1. The molecule has 0 saturated carbocycles. The zero-order valence-corrected chi connectivity index (χ0v) is 9.47. The van der Waals surface area contributed by atoms with Gasteiger partial charge in [0.05, 0.1) is 11.6 Å². The van der Waals surface area contributed by atoms with Crippen molar-refractivity contribution < 1.29 is 9.18 Å². The number of halogens is 1. The third-order valence-corrected chi connectivity index (χ3v) is 2.08. The molecule has 84 valence electrons. The zero-order valence-electron chi connectivity index (χ0n) is 9.47. The van der Waals surface area contributed by atoms with Gasteiger partial charge in [0.15, 0.2) is 5.78 Å². The predicted molar refractivity (Wildman–Crippen MR) is 59.7 cm³/mol. The van der Waals surface area contributed by atoms with Crippen LogP contribution in [0.2, 0.25) is 0 Å². The van der Waals surface area contributed by atoms with Crippen LogP contribution in [-0.2, 0) is 0 Å². The molecule has 0 aliphatic rings. The van der Waals surface area contributed by atoms with Gasteiger partial charge in [-0.15, -0.1) is 0 Å². The molecule has 0 bridgehead atoms. The van der Waals surface area contributed by atoms with Crippen LogP contribution in [0.25, 0.3) is 0 Å². The molecule has 0 saturated heterocycles. The molecule has 0 spiro atoms. The lowest BCUT2D eigenvalue weighted by Crippen LogP contribution is -2.28. The van der Waals surface area contributed by atoms with Gasteiger partial charge in [0.2, 0.25) is 0 Å².